The lowest BCUT2D eigenvalue weighted by molar-refractivity contribution is 0.414. The molecule has 0 aliphatic carbocycles. The largest absolute Gasteiger partial charge is 0.497 e. The summed E-state index contributed by atoms with van der Waals surface area (Å²) < 4.78 is 10.5. The van der Waals surface area contributed by atoms with Gasteiger partial charge in [-0.2, -0.15) is 0 Å². The molecule has 2 aromatic heterocycles. The SMILES string of the molecule is COc1ccc(CCSc2nnc3c(n2)[nH]c2ccc(OC)cc23)cc1. The van der Waals surface area contributed by atoms with Crippen LogP contribution in [-0.4, -0.2) is 40.1 Å². The number of nitrogens with one attached hydrogen (secondary N) is 1. The van der Waals surface area contributed by atoms with Crippen LogP contribution in [0.3, 0.4) is 0 Å². The molecule has 132 valence electrons. The average Bonchev–Trinajstić information content (AvgIpc) is 3.05. The van der Waals surface area contributed by atoms with Gasteiger partial charge in [0.25, 0.3) is 0 Å². The fourth-order valence-electron chi connectivity index (χ4n) is 2.78. The summed E-state index contributed by atoms with van der Waals surface area (Å²) in [5.41, 5.74) is 3.74. The summed E-state index contributed by atoms with van der Waals surface area (Å²) >= 11 is 1.60. The summed E-state index contributed by atoms with van der Waals surface area (Å²) in [5.74, 6) is 2.54. The highest BCUT2D eigenvalue weighted by Gasteiger charge is 2.10. The number of rotatable bonds is 6. The lowest BCUT2D eigenvalue weighted by Crippen LogP contribution is -1.94. The van der Waals surface area contributed by atoms with E-state index in [4.69, 9.17) is 9.47 Å². The molecule has 0 bridgehead atoms. The number of ether oxygens (including phenoxy) is 2. The van der Waals surface area contributed by atoms with Crippen molar-refractivity contribution in [3.05, 3.63) is 48.0 Å². The molecule has 6 nitrogen and oxygen atoms in total. The second-order valence-electron chi connectivity index (χ2n) is 5.77. The van der Waals surface area contributed by atoms with Gasteiger partial charge in [-0.1, -0.05) is 23.9 Å². The molecule has 0 fully saturated rings. The molecule has 0 spiro atoms. The van der Waals surface area contributed by atoms with Gasteiger partial charge in [0.15, 0.2) is 5.65 Å². The van der Waals surface area contributed by atoms with Crippen LogP contribution in [0.2, 0.25) is 0 Å². The van der Waals surface area contributed by atoms with E-state index in [9.17, 15) is 0 Å². The van der Waals surface area contributed by atoms with E-state index in [-0.39, 0.29) is 0 Å². The predicted octanol–water partition coefficient (Wildman–Crippen LogP) is 3.86. The molecule has 4 aromatic rings. The zero-order valence-electron chi connectivity index (χ0n) is 14.5. The number of aryl methyl sites for hydroxylation is 1. The van der Waals surface area contributed by atoms with Crippen LogP contribution in [0.4, 0.5) is 0 Å². The molecule has 2 heterocycles. The summed E-state index contributed by atoms with van der Waals surface area (Å²) in [6.07, 6.45) is 0.931. The van der Waals surface area contributed by atoms with Gasteiger partial charge in [-0.15, -0.1) is 10.2 Å². The first kappa shape index (κ1) is 16.7. The van der Waals surface area contributed by atoms with Crippen LogP contribution in [0.25, 0.3) is 22.1 Å². The van der Waals surface area contributed by atoms with Gasteiger partial charge >= 0.3 is 0 Å². The molecule has 1 N–H and O–H groups in total. The van der Waals surface area contributed by atoms with Crippen LogP contribution in [0, 0.1) is 0 Å². The van der Waals surface area contributed by atoms with Crippen molar-refractivity contribution in [2.45, 2.75) is 11.6 Å². The number of nitrogens with zero attached hydrogens (tertiary/aromatic N) is 3. The number of thioether (sulfide) groups is 1. The van der Waals surface area contributed by atoms with Gasteiger partial charge in [0.05, 0.1) is 14.2 Å². The van der Waals surface area contributed by atoms with Gasteiger partial charge in [0, 0.05) is 16.7 Å². The third-order valence-corrected chi connectivity index (χ3v) is 5.02. The van der Waals surface area contributed by atoms with Gasteiger partial charge in [-0.3, -0.25) is 0 Å². The predicted molar refractivity (Wildman–Crippen MR) is 103 cm³/mol. The number of H-pyrrole nitrogens is 1. The molecule has 26 heavy (non-hydrogen) atoms. The Morgan fingerprint density at radius 1 is 0.962 bits per heavy atom. The number of aromatic amines is 1. The Hall–Kier alpha value is -2.80. The minimum absolute atomic E-state index is 0.671. The Balaban J connectivity index is 1.49. The van der Waals surface area contributed by atoms with E-state index in [2.05, 4.69) is 32.3 Å². The second-order valence-corrected chi connectivity index (χ2v) is 6.84. The highest BCUT2D eigenvalue weighted by atomic mass is 32.2. The van der Waals surface area contributed by atoms with Crippen LogP contribution in [-0.2, 0) is 6.42 Å². The number of methoxy groups -OCH3 is 2. The van der Waals surface area contributed by atoms with E-state index in [1.165, 1.54) is 5.56 Å². The van der Waals surface area contributed by atoms with Crippen LogP contribution in [0.5, 0.6) is 11.5 Å². The lowest BCUT2D eigenvalue weighted by Gasteiger charge is -2.03. The van der Waals surface area contributed by atoms with E-state index in [0.717, 1.165) is 45.7 Å². The first-order chi connectivity index (χ1) is 12.8. The summed E-state index contributed by atoms with van der Waals surface area (Å²) in [6, 6.07) is 13.9. The van der Waals surface area contributed by atoms with Crippen molar-refractivity contribution in [3.8, 4) is 11.5 Å². The first-order valence-electron chi connectivity index (χ1n) is 8.22. The Kier molecular flexibility index (Phi) is 4.62. The zero-order valence-corrected chi connectivity index (χ0v) is 15.3. The molecule has 0 aliphatic rings. The number of fused-ring (bicyclic) bond motifs is 3. The third-order valence-electron chi connectivity index (χ3n) is 4.18. The fourth-order valence-corrected chi connectivity index (χ4v) is 3.55. The van der Waals surface area contributed by atoms with Crippen molar-refractivity contribution in [2.24, 2.45) is 0 Å². The zero-order chi connectivity index (χ0) is 17.9. The molecule has 2 aromatic carbocycles. The normalized spacial score (nSPS) is 11.2. The minimum atomic E-state index is 0.671. The van der Waals surface area contributed by atoms with Crippen molar-refractivity contribution in [1.82, 2.24) is 20.2 Å². The summed E-state index contributed by atoms with van der Waals surface area (Å²) in [5, 5.41) is 10.3. The Morgan fingerprint density at radius 3 is 2.50 bits per heavy atom. The molecule has 0 amide bonds. The maximum atomic E-state index is 5.28. The summed E-state index contributed by atoms with van der Waals surface area (Å²) in [4.78, 5) is 7.89. The summed E-state index contributed by atoms with van der Waals surface area (Å²) in [6.45, 7) is 0. The van der Waals surface area contributed by atoms with E-state index in [1.807, 2.05) is 30.3 Å². The first-order valence-corrected chi connectivity index (χ1v) is 9.21. The highest BCUT2D eigenvalue weighted by Crippen LogP contribution is 2.27. The quantitative estimate of drug-likeness (QED) is 0.523. The van der Waals surface area contributed by atoms with Crippen LogP contribution in [0.1, 0.15) is 5.56 Å². The van der Waals surface area contributed by atoms with Crippen LogP contribution in [0.15, 0.2) is 47.6 Å². The van der Waals surface area contributed by atoms with Gasteiger partial charge in [-0.05, 0) is 42.3 Å². The van der Waals surface area contributed by atoms with E-state index < -0.39 is 0 Å². The smallest absolute Gasteiger partial charge is 0.211 e. The standard InChI is InChI=1S/C19H18N4O2S/c1-24-13-5-3-12(4-6-13)9-10-26-19-21-18-17(22-23-19)15-11-14(25-2)7-8-16(15)20-18/h3-8,11H,9-10H2,1-2H3,(H,20,21,23). The average molecular weight is 366 g/mol. The molecule has 0 aliphatic heterocycles. The van der Waals surface area contributed by atoms with Crippen LogP contribution >= 0.6 is 11.8 Å². The molecule has 0 atom stereocenters. The molecule has 0 unspecified atom stereocenters. The van der Waals surface area contributed by atoms with Gasteiger partial charge in [0.2, 0.25) is 5.16 Å². The number of aromatic nitrogens is 4. The van der Waals surface area contributed by atoms with Crippen molar-refractivity contribution in [3.63, 3.8) is 0 Å². The van der Waals surface area contributed by atoms with Gasteiger partial charge < -0.3 is 14.5 Å². The van der Waals surface area contributed by atoms with Crippen molar-refractivity contribution < 1.29 is 9.47 Å². The maximum Gasteiger partial charge on any atom is 0.211 e. The van der Waals surface area contributed by atoms with E-state index in [0.29, 0.717) is 5.16 Å². The fraction of sp³-hybridized carbons (Fsp3) is 0.211. The van der Waals surface area contributed by atoms with E-state index in [1.54, 1.807) is 26.0 Å². The van der Waals surface area contributed by atoms with Crippen molar-refractivity contribution in [2.75, 3.05) is 20.0 Å². The number of benzene rings is 2. The van der Waals surface area contributed by atoms with Gasteiger partial charge in [0.1, 0.15) is 17.0 Å². The number of hydrogen-bond acceptors (Lipinski definition) is 6. The molecular formula is C19H18N4O2S. The van der Waals surface area contributed by atoms with Crippen LogP contribution < -0.4 is 9.47 Å². The van der Waals surface area contributed by atoms with E-state index >= 15 is 0 Å². The molecular weight excluding hydrogens is 348 g/mol. The lowest BCUT2D eigenvalue weighted by atomic mass is 10.2. The Morgan fingerprint density at radius 2 is 1.73 bits per heavy atom. The molecule has 0 radical (unpaired) electrons. The number of hydrogen-bond donors (Lipinski definition) is 1. The molecule has 4 rings (SSSR count). The topological polar surface area (TPSA) is 72.9 Å². The monoisotopic (exact) mass is 366 g/mol. The molecule has 0 saturated carbocycles. The Bertz CT molecular complexity index is 1050. The Labute approximate surface area is 154 Å². The molecule has 0 saturated heterocycles. The minimum Gasteiger partial charge on any atom is -0.497 e. The molecule has 7 heteroatoms. The van der Waals surface area contributed by atoms with Crippen molar-refractivity contribution >= 4 is 33.8 Å². The second kappa shape index (κ2) is 7.21. The third kappa shape index (κ3) is 3.30. The van der Waals surface area contributed by atoms with Crippen molar-refractivity contribution in [1.29, 1.82) is 0 Å². The summed E-state index contributed by atoms with van der Waals surface area (Å²) in [7, 11) is 3.32. The highest BCUT2D eigenvalue weighted by molar-refractivity contribution is 7.99. The maximum absolute atomic E-state index is 5.28. The van der Waals surface area contributed by atoms with Gasteiger partial charge in [-0.25, -0.2) is 4.98 Å².